The summed E-state index contributed by atoms with van der Waals surface area (Å²) in [7, 11) is 0. The van der Waals surface area contributed by atoms with Crippen LogP contribution in [0.1, 0.15) is 25.0 Å². The molecule has 0 saturated heterocycles. The van der Waals surface area contributed by atoms with Crippen LogP contribution in [0.4, 0.5) is 0 Å². The van der Waals surface area contributed by atoms with Gasteiger partial charge in [-0.1, -0.05) is 159 Å². The lowest BCUT2D eigenvalue weighted by atomic mass is 9.82. The van der Waals surface area contributed by atoms with Crippen LogP contribution < -0.4 is 0 Å². The van der Waals surface area contributed by atoms with E-state index < -0.39 is 0 Å². The van der Waals surface area contributed by atoms with Gasteiger partial charge >= 0.3 is 0 Å². The van der Waals surface area contributed by atoms with Crippen molar-refractivity contribution in [2.45, 2.75) is 19.3 Å². The van der Waals surface area contributed by atoms with Crippen molar-refractivity contribution >= 4 is 32.7 Å². The summed E-state index contributed by atoms with van der Waals surface area (Å²) in [6, 6.07) is 64.8. The molecule has 56 heavy (non-hydrogen) atoms. The Hall–Kier alpha value is -7.10. The Kier molecular flexibility index (Phi) is 7.20. The zero-order valence-electron chi connectivity index (χ0n) is 31.1. The van der Waals surface area contributed by atoms with Crippen molar-refractivity contribution < 1.29 is 4.42 Å². The van der Waals surface area contributed by atoms with Crippen molar-refractivity contribution in [1.29, 1.82) is 0 Å². The fourth-order valence-corrected chi connectivity index (χ4v) is 8.96. The smallest absolute Gasteiger partial charge is 0.160 e. The van der Waals surface area contributed by atoms with Crippen LogP contribution in [-0.4, -0.2) is 9.97 Å². The third-order valence-corrected chi connectivity index (χ3v) is 11.7. The highest BCUT2D eigenvalue weighted by atomic mass is 16.3. The van der Waals surface area contributed by atoms with Crippen LogP contribution in [0.25, 0.3) is 100.0 Å². The van der Waals surface area contributed by atoms with Crippen molar-refractivity contribution in [2.75, 3.05) is 0 Å². The molecule has 0 fully saturated rings. The summed E-state index contributed by atoms with van der Waals surface area (Å²) in [4.78, 5) is 10.4. The van der Waals surface area contributed by atoms with Crippen molar-refractivity contribution in [3.63, 3.8) is 0 Å². The maximum atomic E-state index is 6.17. The SMILES string of the molecule is CC1(C)c2ccccc2-c2c(-c3cccc(-c4ccc(-c5cc(-c6ccc7oc8ccccc8c7c6)nc(-c6ccccc6)n5)c5ccccc45)c3)cccc21. The van der Waals surface area contributed by atoms with E-state index >= 15 is 0 Å². The van der Waals surface area contributed by atoms with E-state index in [-0.39, 0.29) is 5.41 Å². The summed E-state index contributed by atoms with van der Waals surface area (Å²) in [5.41, 5.74) is 16.8. The molecule has 3 heteroatoms. The van der Waals surface area contributed by atoms with Gasteiger partial charge in [0.05, 0.1) is 11.4 Å². The second-order valence-corrected chi connectivity index (χ2v) is 15.3. The number of para-hydroxylation sites is 1. The Labute approximate surface area is 325 Å². The first-order valence-electron chi connectivity index (χ1n) is 19.2. The Morgan fingerprint density at radius 3 is 1.84 bits per heavy atom. The number of aromatic nitrogens is 2. The molecule has 11 rings (SSSR count). The quantitative estimate of drug-likeness (QED) is 0.178. The molecule has 0 radical (unpaired) electrons. The summed E-state index contributed by atoms with van der Waals surface area (Å²) in [6.07, 6.45) is 0. The first kappa shape index (κ1) is 32.3. The third-order valence-electron chi connectivity index (χ3n) is 11.7. The maximum absolute atomic E-state index is 6.17. The van der Waals surface area contributed by atoms with E-state index in [4.69, 9.17) is 14.4 Å². The van der Waals surface area contributed by atoms with E-state index in [1.165, 1.54) is 49.9 Å². The van der Waals surface area contributed by atoms with Crippen molar-refractivity contribution in [3.8, 4) is 67.3 Å². The molecule has 0 atom stereocenters. The van der Waals surface area contributed by atoms with Gasteiger partial charge in [0, 0.05) is 32.9 Å². The van der Waals surface area contributed by atoms with Crippen LogP contribution in [0.2, 0.25) is 0 Å². The molecule has 0 saturated carbocycles. The predicted molar refractivity (Wildman–Crippen MR) is 232 cm³/mol. The molecular formula is C53H36N2O. The van der Waals surface area contributed by atoms with Gasteiger partial charge < -0.3 is 4.42 Å². The monoisotopic (exact) mass is 716 g/mol. The molecule has 2 heterocycles. The van der Waals surface area contributed by atoms with Gasteiger partial charge in [-0.05, 0) is 91.7 Å². The van der Waals surface area contributed by atoms with E-state index in [1.54, 1.807) is 0 Å². The molecule has 2 aromatic heterocycles. The molecule has 1 aliphatic carbocycles. The molecule has 0 unspecified atom stereocenters. The van der Waals surface area contributed by atoms with Gasteiger partial charge in [0.2, 0.25) is 0 Å². The molecule has 10 aromatic rings. The fraction of sp³-hybridized carbons (Fsp3) is 0.0566. The van der Waals surface area contributed by atoms with Gasteiger partial charge in [0.25, 0.3) is 0 Å². The standard InChI is InChI=1S/C53H36N2O/c1-53(2)45-23-10-8-21-43(45)51-38(22-13-24-46(51)53)35-17-12-16-34(30-35)37-27-28-41(40-19-7-6-18-39(37)40)48-32-47(54-52(55-48)33-14-4-3-5-15-33)36-26-29-50-44(31-36)42-20-9-11-25-49(42)56-50/h3-32H,1-2H3. The maximum Gasteiger partial charge on any atom is 0.160 e. The van der Waals surface area contributed by atoms with Gasteiger partial charge in [-0.25, -0.2) is 9.97 Å². The lowest BCUT2D eigenvalue weighted by molar-refractivity contribution is 0.660. The average molecular weight is 717 g/mol. The van der Waals surface area contributed by atoms with E-state index in [0.29, 0.717) is 5.82 Å². The zero-order chi connectivity index (χ0) is 37.4. The number of hydrogen-bond donors (Lipinski definition) is 0. The number of benzene rings is 8. The van der Waals surface area contributed by atoms with Crippen molar-refractivity contribution in [3.05, 3.63) is 193 Å². The summed E-state index contributed by atoms with van der Waals surface area (Å²) in [6.45, 7) is 4.68. The second kappa shape index (κ2) is 12.5. The topological polar surface area (TPSA) is 38.9 Å². The minimum atomic E-state index is -0.0484. The van der Waals surface area contributed by atoms with Crippen LogP contribution in [-0.2, 0) is 5.41 Å². The molecule has 264 valence electrons. The Balaban J connectivity index is 1.06. The van der Waals surface area contributed by atoms with Crippen LogP contribution in [0.3, 0.4) is 0 Å². The fourth-order valence-electron chi connectivity index (χ4n) is 8.96. The van der Waals surface area contributed by atoms with Crippen LogP contribution in [0, 0.1) is 0 Å². The third kappa shape index (κ3) is 5.05. The molecule has 0 amide bonds. The summed E-state index contributed by atoms with van der Waals surface area (Å²) in [5.74, 6) is 0.691. The summed E-state index contributed by atoms with van der Waals surface area (Å²) >= 11 is 0. The molecule has 1 aliphatic rings. The highest BCUT2D eigenvalue weighted by Gasteiger charge is 2.36. The van der Waals surface area contributed by atoms with E-state index in [1.807, 2.05) is 30.3 Å². The largest absolute Gasteiger partial charge is 0.456 e. The van der Waals surface area contributed by atoms with Gasteiger partial charge in [-0.3, -0.25) is 0 Å². The van der Waals surface area contributed by atoms with Crippen molar-refractivity contribution in [1.82, 2.24) is 9.97 Å². The average Bonchev–Trinajstić information content (AvgIpc) is 3.75. The first-order valence-corrected chi connectivity index (χ1v) is 19.2. The van der Waals surface area contributed by atoms with E-state index in [9.17, 15) is 0 Å². The Morgan fingerprint density at radius 2 is 0.982 bits per heavy atom. The van der Waals surface area contributed by atoms with Crippen LogP contribution in [0.15, 0.2) is 186 Å². The van der Waals surface area contributed by atoms with E-state index in [2.05, 4.69) is 166 Å². The zero-order valence-corrected chi connectivity index (χ0v) is 31.1. The highest BCUT2D eigenvalue weighted by Crippen LogP contribution is 2.52. The van der Waals surface area contributed by atoms with Crippen molar-refractivity contribution in [2.24, 2.45) is 0 Å². The first-order chi connectivity index (χ1) is 27.5. The molecule has 0 bridgehead atoms. The van der Waals surface area contributed by atoms with Crippen LogP contribution in [0.5, 0.6) is 0 Å². The van der Waals surface area contributed by atoms with Gasteiger partial charge in [0.15, 0.2) is 5.82 Å². The summed E-state index contributed by atoms with van der Waals surface area (Å²) < 4.78 is 6.17. The summed E-state index contributed by atoms with van der Waals surface area (Å²) in [5, 5.41) is 4.49. The number of rotatable bonds is 5. The number of hydrogen-bond acceptors (Lipinski definition) is 3. The number of fused-ring (bicyclic) bond motifs is 7. The predicted octanol–water partition coefficient (Wildman–Crippen LogP) is 14.2. The van der Waals surface area contributed by atoms with Crippen LogP contribution >= 0.6 is 0 Å². The molecule has 0 spiro atoms. The lowest BCUT2D eigenvalue weighted by Gasteiger charge is -2.21. The highest BCUT2D eigenvalue weighted by molar-refractivity contribution is 6.07. The molecule has 8 aromatic carbocycles. The van der Waals surface area contributed by atoms with Gasteiger partial charge in [0.1, 0.15) is 11.2 Å². The van der Waals surface area contributed by atoms with E-state index in [0.717, 1.165) is 55.4 Å². The van der Waals surface area contributed by atoms with Gasteiger partial charge in [-0.2, -0.15) is 0 Å². The second-order valence-electron chi connectivity index (χ2n) is 15.3. The molecular weight excluding hydrogens is 681 g/mol. The molecule has 0 N–H and O–H groups in total. The minimum Gasteiger partial charge on any atom is -0.456 e. The number of nitrogens with zero attached hydrogens (tertiary/aromatic N) is 2. The Bertz CT molecular complexity index is 3170. The van der Waals surface area contributed by atoms with Gasteiger partial charge in [-0.15, -0.1) is 0 Å². The normalized spacial score (nSPS) is 13.0. The number of furan rings is 1. The molecule has 3 nitrogen and oxygen atoms in total. The minimum absolute atomic E-state index is 0.0484. The lowest BCUT2D eigenvalue weighted by Crippen LogP contribution is -2.14. The Morgan fingerprint density at radius 1 is 0.375 bits per heavy atom. The molecule has 0 aliphatic heterocycles.